The van der Waals surface area contributed by atoms with Gasteiger partial charge in [-0.1, -0.05) is 28.1 Å². The summed E-state index contributed by atoms with van der Waals surface area (Å²) in [7, 11) is 0. The molecule has 88 valence electrons. The SMILES string of the molecule is N[C@H](CCSCc1ccc(Br)cc1)C(=O)[O-].[Na+]. The maximum absolute atomic E-state index is 10.4. The number of carbonyl (C=O) groups is 1. The van der Waals surface area contributed by atoms with E-state index in [9.17, 15) is 9.90 Å². The van der Waals surface area contributed by atoms with Crippen LogP contribution in [0, 0.1) is 0 Å². The second kappa shape index (κ2) is 9.42. The van der Waals surface area contributed by atoms with Crippen molar-refractivity contribution < 1.29 is 39.5 Å². The smallest absolute Gasteiger partial charge is 0.548 e. The first-order valence-corrected chi connectivity index (χ1v) is 6.83. The minimum atomic E-state index is -1.18. The van der Waals surface area contributed by atoms with Gasteiger partial charge in [0.05, 0.1) is 5.97 Å². The van der Waals surface area contributed by atoms with E-state index in [4.69, 9.17) is 5.73 Å². The molecule has 0 saturated carbocycles. The van der Waals surface area contributed by atoms with E-state index < -0.39 is 12.0 Å². The molecular formula is C11H13BrNNaO2S. The van der Waals surface area contributed by atoms with Crippen molar-refractivity contribution in [2.45, 2.75) is 18.2 Å². The van der Waals surface area contributed by atoms with Crippen molar-refractivity contribution in [1.29, 1.82) is 0 Å². The minimum absolute atomic E-state index is 0. The van der Waals surface area contributed by atoms with Crippen molar-refractivity contribution in [2.24, 2.45) is 5.73 Å². The van der Waals surface area contributed by atoms with E-state index in [-0.39, 0.29) is 29.6 Å². The fourth-order valence-corrected chi connectivity index (χ4v) is 2.36. The first kappa shape index (κ1) is 17.5. The van der Waals surface area contributed by atoms with Crippen LogP contribution in [0.25, 0.3) is 0 Å². The zero-order valence-corrected chi connectivity index (χ0v) is 14.1. The molecule has 2 N–H and O–H groups in total. The van der Waals surface area contributed by atoms with Crippen LogP contribution in [0.2, 0.25) is 0 Å². The molecule has 17 heavy (non-hydrogen) atoms. The summed E-state index contributed by atoms with van der Waals surface area (Å²) in [5, 5.41) is 10.4. The van der Waals surface area contributed by atoms with Crippen LogP contribution in [-0.2, 0) is 10.5 Å². The van der Waals surface area contributed by atoms with Gasteiger partial charge >= 0.3 is 29.6 Å². The molecule has 0 spiro atoms. The fraction of sp³-hybridized carbons (Fsp3) is 0.364. The Kier molecular flexibility index (Phi) is 9.68. The number of nitrogens with two attached hydrogens (primary N) is 1. The molecule has 0 bridgehead atoms. The van der Waals surface area contributed by atoms with Crippen molar-refractivity contribution in [3.8, 4) is 0 Å². The van der Waals surface area contributed by atoms with Crippen LogP contribution < -0.4 is 40.4 Å². The molecular weight excluding hydrogens is 313 g/mol. The number of thioether (sulfide) groups is 1. The second-order valence-corrected chi connectivity index (χ2v) is 5.41. The van der Waals surface area contributed by atoms with Gasteiger partial charge in [0, 0.05) is 16.3 Å². The van der Waals surface area contributed by atoms with Gasteiger partial charge < -0.3 is 15.6 Å². The van der Waals surface area contributed by atoms with Crippen LogP contribution in [-0.4, -0.2) is 17.8 Å². The summed E-state index contributed by atoms with van der Waals surface area (Å²) < 4.78 is 1.06. The van der Waals surface area contributed by atoms with Gasteiger partial charge in [0.1, 0.15) is 0 Å². The number of carbonyl (C=O) groups excluding carboxylic acids is 1. The van der Waals surface area contributed by atoms with E-state index in [0.29, 0.717) is 6.42 Å². The molecule has 0 amide bonds. The van der Waals surface area contributed by atoms with Gasteiger partial charge in [0.2, 0.25) is 0 Å². The van der Waals surface area contributed by atoms with E-state index in [1.807, 2.05) is 24.3 Å². The van der Waals surface area contributed by atoms with Crippen LogP contribution in [0.4, 0.5) is 0 Å². The Balaban J connectivity index is 0.00000256. The average molecular weight is 326 g/mol. The Morgan fingerprint density at radius 2 is 2.00 bits per heavy atom. The first-order chi connectivity index (χ1) is 7.59. The van der Waals surface area contributed by atoms with Crippen molar-refractivity contribution in [3.05, 3.63) is 34.3 Å². The van der Waals surface area contributed by atoms with E-state index in [1.165, 1.54) is 5.56 Å². The summed E-state index contributed by atoms with van der Waals surface area (Å²) >= 11 is 5.04. The number of benzene rings is 1. The summed E-state index contributed by atoms with van der Waals surface area (Å²) in [6.07, 6.45) is 0.448. The monoisotopic (exact) mass is 325 g/mol. The molecule has 0 fully saturated rings. The van der Waals surface area contributed by atoms with Crippen molar-refractivity contribution in [3.63, 3.8) is 0 Å². The number of aliphatic carboxylic acids is 1. The predicted octanol–water partition coefficient (Wildman–Crippen LogP) is -1.85. The molecule has 0 aliphatic rings. The Bertz CT molecular complexity index is 348. The number of rotatable bonds is 6. The van der Waals surface area contributed by atoms with Gasteiger partial charge in [-0.05, 0) is 29.9 Å². The van der Waals surface area contributed by atoms with Crippen molar-refractivity contribution in [1.82, 2.24) is 0 Å². The summed E-state index contributed by atoms with van der Waals surface area (Å²) in [6, 6.07) is 7.20. The van der Waals surface area contributed by atoms with E-state index in [2.05, 4.69) is 15.9 Å². The number of hydrogen-bond donors (Lipinski definition) is 1. The molecule has 3 nitrogen and oxygen atoms in total. The van der Waals surface area contributed by atoms with Gasteiger partial charge in [-0.2, -0.15) is 11.8 Å². The number of halogens is 1. The van der Waals surface area contributed by atoms with Crippen LogP contribution in [0.5, 0.6) is 0 Å². The van der Waals surface area contributed by atoms with Gasteiger partial charge in [0.15, 0.2) is 0 Å². The molecule has 0 aromatic heterocycles. The van der Waals surface area contributed by atoms with Crippen LogP contribution in [0.1, 0.15) is 12.0 Å². The zero-order chi connectivity index (χ0) is 12.0. The summed E-state index contributed by atoms with van der Waals surface area (Å²) in [4.78, 5) is 10.4. The second-order valence-electron chi connectivity index (χ2n) is 3.39. The quantitative estimate of drug-likeness (QED) is 0.493. The molecule has 0 aliphatic carbocycles. The maximum atomic E-state index is 10.4. The molecule has 6 heteroatoms. The third-order valence-electron chi connectivity index (χ3n) is 2.06. The first-order valence-electron chi connectivity index (χ1n) is 4.88. The Morgan fingerprint density at radius 1 is 1.41 bits per heavy atom. The molecule has 0 heterocycles. The van der Waals surface area contributed by atoms with Crippen LogP contribution in [0.3, 0.4) is 0 Å². The summed E-state index contributed by atoms with van der Waals surface area (Å²) in [5.74, 6) is 0.419. The third kappa shape index (κ3) is 7.49. The molecule has 0 unspecified atom stereocenters. The predicted molar refractivity (Wildman–Crippen MR) is 67.9 cm³/mol. The number of carboxylic acids is 1. The molecule has 1 aromatic carbocycles. The van der Waals surface area contributed by atoms with Crippen LogP contribution >= 0.6 is 27.7 Å². The Morgan fingerprint density at radius 3 is 2.53 bits per heavy atom. The molecule has 0 radical (unpaired) electrons. The normalized spacial score (nSPS) is 11.6. The molecule has 0 saturated heterocycles. The van der Waals surface area contributed by atoms with Gasteiger partial charge in [-0.15, -0.1) is 0 Å². The minimum Gasteiger partial charge on any atom is -0.548 e. The van der Waals surface area contributed by atoms with E-state index in [1.54, 1.807) is 11.8 Å². The average Bonchev–Trinajstić information content (AvgIpc) is 2.26. The number of hydrogen-bond acceptors (Lipinski definition) is 4. The van der Waals surface area contributed by atoms with Crippen LogP contribution in [0.15, 0.2) is 28.7 Å². The third-order valence-corrected chi connectivity index (χ3v) is 3.65. The topological polar surface area (TPSA) is 66.2 Å². The van der Waals surface area contributed by atoms with Gasteiger partial charge in [0.25, 0.3) is 0 Å². The molecule has 1 atom stereocenters. The van der Waals surface area contributed by atoms with Gasteiger partial charge in [-0.3, -0.25) is 0 Å². The number of carboxylic acid groups (broad SMARTS) is 1. The van der Waals surface area contributed by atoms with Crippen molar-refractivity contribution >= 4 is 33.7 Å². The summed E-state index contributed by atoms with van der Waals surface area (Å²) in [6.45, 7) is 0. The molecule has 1 aromatic rings. The fourth-order valence-electron chi connectivity index (χ4n) is 1.10. The van der Waals surface area contributed by atoms with Gasteiger partial charge in [-0.25, -0.2) is 0 Å². The van der Waals surface area contributed by atoms with E-state index in [0.717, 1.165) is 16.0 Å². The Labute approximate surface area is 136 Å². The zero-order valence-electron chi connectivity index (χ0n) is 9.69. The summed E-state index contributed by atoms with van der Waals surface area (Å²) in [5.41, 5.74) is 6.55. The molecule has 0 aliphatic heterocycles. The van der Waals surface area contributed by atoms with Crippen molar-refractivity contribution in [2.75, 3.05) is 5.75 Å². The molecule has 1 rings (SSSR count). The Hall–Kier alpha value is 0.480. The maximum Gasteiger partial charge on any atom is 1.00 e. The standard InChI is InChI=1S/C11H14BrNO2S.Na/c12-9-3-1-8(2-4-9)7-16-6-5-10(13)11(14)15;/h1-4,10H,5-7,13H2,(H,14,15);/q;+1/p-1/t10-;/m1./s1. The van der Waals surface area contributed by atoms with E-state index >= 15 is 0 Å². The largest absolute Gasteiger partial charge is 1.00 e.